The molecule has 1 heterocycles. The number of nitrogens with zero attached hydrogens (tertiary/aromatic N) is 2. The Morgan fingerprint density at radius 1 is 1.05 bits per heavy atom. The van der Waals surface area contributed by atoms with Crippen LogP contribution in [0.15, 0.2) is 42.7 Å². The molecule has 2 aromatic rings. The average molecular weight is 285 g/mol. The van der Waals surface area contributed by atoms with Crippen LogP contribution in [0, 0.1) is 5.92 Å². The van der Waals surface area contributed by atoms with Crippen molar-refractivity contribution in [2.24, 2.45) is 5.92 Å². The molecule has 3 heteroatoms. The minimum Gasteiger partial charge on any atom is -0.308 e. The molecule has 0 fully saturated rings. The fraction of sp³-hybridized carbons (Fsp3) is 0.500. The van der Waals surface area contributed by atoms with Gasteiger partial charge in [0.2, 0.25) is 0 Å². The molecule has 0 aliphatic carbocycles. The van der Waals surface area contributed by atoms with E-state index in [1.165, 1.54) is 18.4 Å². The van der Waals surface area contributed by atoms with Crippen LogP contribution in [0.2, 0.25) is 0 Å². The second-order valence-corrected chi connectivity index (χ2v) is 6.31. The molecule has 0 saturated heterocycles. The predicted octanol–water partition coefficient (Wildman–Crippen LogP) is 4.35. The van der Waals surface area contributed by atoms with Gasteiger partial charge in [0.25, 0.3) is 0 Å². The largest absolute Gasteiger partial charge is 0.308 e. The molecule has 0 spiro atoms. The first-order valence-electron chi connectivity index (χ1n) is 7.92. The minimum absolute atomic E-state index is 0.324. The van der Waals surface area contributed by atoms with Crippen molar-refractivity contribution in [2.45, 2.75) is 52.6 Å². The molecule has 1 aromatic carbocycles. The summed E-state index contributed by atoms with van der Waals surface area (Å²) in [5.41, 5.74) is 2.33. The van der Waals surface area contributed by atoms with Gasteiger partial charge >= 0.3 is 0 Å². The summed E-state index contributed by atoms with van der Waals surface area (Å²) in [6.45, 7) is 9.03. The van der Waals surface area contributed by atoms with Crippen LogP contribution in [-0.2, 0) is 0 Å². The van der Waals surface area contributed by atoms with E-state index in [4.69, 9.17) is 0 Å². The third-order valence-corrected chi connectivity index (χ3v) is 3.83. The summed E-state index contributed by atoms with van der Waals surface area (Å²) in [5.74, 6) is 0.769. The zero-order valence-corrected chi connectivity index (χ0v) is 13.6. The van der Waals surface area contributed by atoms with Crippen LogP contribution in [0.4, 0.5) is 0 Å². The van der Waals surface area contributed by atoms with E-state index in [9.17, 15) is 0 Å². The summed E-state index contributed by atoms with van der Waals surface area (Å²) >= 11 is 0. The quantitative estimate of drug-likeness (QED) is 0.819. The van der Waals surface area contributed by atoms with Crippen molar-refractivity contribution in [2.75, 3.05) is 0 Å². The number of aromatic nitrogens is 2. The Kier molecular flexibility index (Phi) is 5.57. The molecule has 0 radical (unpaired) electrons. The maximum Gasteiger partial charge on any atom is 0.0645 e. The van der Waals surface area contributed by atoms with Crippen LogP contribution in [-0.4, -0.2) is 15.8 Å². The molecule has 2 atom stereocenters. The molecule has 114 valence electrons. The van der Waals surface area contributed by atoms with Crippen molar-refractivity contribution in [3.05, 3.63) is 48.3 Å². The minimum atomic E-state index is 0.324. The third kappa shape index (κ3) is 4.71. The Morgan fingerprint density at radius 2 is 1.76 bits per heavy atom. The second-order valence-electron chi connectivity index (χ2n) is 6.31. The summed E-state index contributed by atoms with van der Waals surface area (Å²) in [6.07, 6.45) is 6.56. The SMILES string of the molecule is CC(C)CCC(C)NC(C)c1cnn(-c2ccccc2)c1. The van der Waals surface area contributed by atoms with Gasteiger partial charge in [-0.1, -0.05) is 32.0 Å². The monoisotopic (exact) mass is 285 g/mol. The van der Waals surface area contributed by atoms with Crippen molar-refractivity contribution in [1.82, 2.24) is 15.1 Å². The van der Waals surface area contributed by atoms with Crippen molar-refractivity contribution in [3.8, 4) is 5.69 Å². The Labute approximate surface area is 128 Å². The van der Waals surface area contributed by atoms with Crippen LogP contribution < -0.4 is 5.32 Å². The summed E-state index contributed by atoms with van der Waals surface area (Å²) in [6, 6.07) is 11.1. The van der Waals surface area contributed by atoms with Crippen molar-refractivity contribution in [1.29, 1.82) is 0 Å². The van der Waals surface area contributed by atoms with E-state index in [0.717, 1.165) is 11.6 Å². The smallest absolute Gasteiger partial charge is 0.0645 e. The fourth-order valence-corrected chi connectivity index (χ4v) is 2.47. The molecule has 2 rings (SSSR count). The Morgan fingerprint density at radius 3 is 2.43 bits per heavy atom. The molecular weight excluding hydrogens is 258 g/mol. The molecule has 1 aromatic heterocycles. The van der Waals surface area contributed by atoms with E-state index in [0.29, 0.717) is 12.1 Å². The standard InChI is InChI=1S/C18H27N3/c1-14(2)10-11-15(3)20-16(4)17-12-19-21(13-17)18-8-6-5-7-9-18/h5-9,12-16,20H,10-11H2,1-4H3. The lowest BCUT2D eigenvalue weighted by Gasteiger charge is -2.19. The van der Waals surface area contributed by atoms with Gasteiger partial charge in [-0.2, -0.15) is 5.10 Å². The summed E-state index contributed by atoms with van der Waals surface area (Å²) in [4.78, 5) is 0. The normalized spacial score (nSPS) is 14.3. The van der Waals surface area contributed by atoms with Gasteiger partial charge in [-0.25, -0.2) is 4.68 Å². The maximum absolute atomic E-state index is 4.47. The van der Waals surface area contributed by atoms with Crippen LogP contribution in [0.25, 0.3) is 5.69 Å². The van der Waals surface area contributed by atoms with E-state index in [-0.39, 0.29) is 0 Å². The highest BCUT2D eigenvalue weighted by molar-refractivity contribution is 5.31. The number of hydrogen-bond acceptors (Lipinski definition) is 2. The molecule has 21 heavy (non-hydrogen) atoms. The first kappa shape index (κ1) is 15.8. The van der Waals surface area contributed by atoms with Crippen molar-refractivity contribution >= 4 is 0 Å². The molecule has 1 N–H and O–H groups in total. The molecule has 0 aliphatic rings. The van der Waals surface area contributed by atoms with E-state index in [1.54, 1.807) is 0 Å². The number of para-hydroxylation sites is 1. The lowest BCUT2D eigenvalue weighted by Crippen LogP contribution is -2.29. The highest BCUT2D eigenvalue weighted by Gasteiger charge is 2.12. The summed E-state index contributed by atoms with van der Waals surface area (Å²) in [7, 11) is 0. The van der Waals surface area contributed by atoms with E-state index >= 15 is 0 Å². The van der Waals surface area contributed by atoms with Gasteiger partial charge in [0, 0.05) is 23.8 Å². The topological polar surface area (TPSA) is 29.9 Å². The molecule has 0 aliphatic heterocycles. The summed E-state index contributed by atoms with van der Waals surface area (Å²) < 4.78 is 1.94. The number of hydrogen-bond donors (Lipinski definition) is 1. The first-order chi connectivity index (χ1) is 10.1. The van der Waals surface area contributed by atoms with Gasteiger partial charge in [0.15, 0.2) is 0 Å². The van der Waals surface area contributed by atoms with E-state index < -0.39 is 0 Å². The third-order valence-electron chi connectivity index (χ3n) is 3.83. The zero-order valence-electron chi connectivity index (χ0n) is 13.6. The summed E-state index contributed by atoms with van der Waals surface area (Å²) in [5, 5.41) is 8.13. The molecule has 3 nitrogen and oxygen atoms in total. The van der Waals surface area contributed by atoms with Crippen molar-refractivity contribution < 1.29 is 0 Å². The lowest BCUT2D eigenvalue weighted by molar-refractivity contribution is 0.417. The first-order valence-corrected chi connectivity index (χ1v) is 7.92. The van der Waals surface area contributed by atoms with Crippen LogP contribution in [0.3, 0.4) is 0 Å². The fourth-order valence-electron chi connectivity index (χ4n) is 2.47. The van der Waals surface area contributed by atoms with Crippen LogP contribution in [0.1, 0.15) is 52.1 Å². The number of rotatable bonds is 7. The lowest BCUT2D eigenvalue weighted by atomic mass is 10.0. The molecule has 0 bridgehead atoms. The van der Waals surface area contributed by atoms with E-state index in [1.807, 2.05) is 29.1 Å². The van der Waals surface area contributed by atoms with Crippen LogP contribution >= 0.6 is 0 Å². The van der Waals surface area contributed by atoms with Crippen molar-refractivity contribution in [3.63, 3.8) is 0 Å². The molecular formula is C18H27N3. The number of nitrogens with one attached hydrogen (secondary N) is 1. The highest BCUT2D eigenvalue weighted by Crippen LogP contribution is 2.16. The molecule has 0 saturated carbocycles. The number of benzene rings is 1. The Hall–Kier alpha value is -1.61. The Bertz CT molecular complexity index is 530. The predicted molar refractivity (Wildman–Crippen MR) is 88.6 cm³/mol. The zero-order chi connectivity index (χ0) is 15.2. The van der Waals surface area contributed by atoms with Gasteiger partial charge in [0.05, 0.1) is 11.9 Å². The second kappa shape index (κ2) is 7.41. The molecule has 2 unspecified atom stereocenters. The van der Waals surface area contributed by atoms with Gasteiger partial charge in [-0.05, 0) is 44.7 Å². The van der Waals surface area contributed by atoms with Gasteiger partial charge in [-0.15, -0.1) is 0 Å². The van der Waals surface area contributed by atoms with Crippen LogP contribution in [0.5, 0.6) is 0 Å². The average Bonchev–Trinajstić information content (AvgIpc) is 2.96. The Balaban J connectivity index is 1.94. The van der Waals surface area contributed by atoms with Gasteiger partial charge in [-0.3, -0.25) is 0 Å². The molecule has 0 amide bonds. The maximum atomic E-state index is 4.47. The van der Waals surface area contributed by atoms with E-state index in [2.05, 4.69) is 56.4 Å². The van der Waals surface area contributed by atoms with Gasteiger partial charge in [0.1, 0.15) is 0 Å². The highest BCUT2D eigenvalue weighted by atomic mass is 15.3. The van der Waals surface area contributed by atoms with Gasteiger partial charge < -0.3 is 5.32 Å².